The van der Waals surface area contributed by atoms with Crippen LogP contribution in [0.2, 0.25) is 0 Å². The van der Waals surface area contributed by atoms with Gasteiger partial charge in [0, 0.05) is 6.54 Å². The highest BCUT2D eigenvalue weighted by Crippen LogP contribution is 2.17. The molecule has 3 nitrogen and oxygen atoms in total. The van der Waals surface area contributed by atoms with Crippen molar-refractivity contribution in [2.24, 2.45) is 5.92 Å². The van der Waals surface area contributed by atoms with Gasteiger partial charge in [-0.15, -0.1) is 0 Å². The fourth-order valence-corrected chi connectivity index (χ4v) is 2.54. The molecule has 1 amide bonds. The molecule has 1 fully saturated rings. The number of amides is 1. The van der Waals surface area contributed by atoms with Crippen molar-refractivity contribution in [3.05, 3.63) is 35.9 Å². The largest absolute Gasteiger partial charge is 0.349 e. The molecule has 0 radical (unpaired) electrons. The summed E-state index contributed by atoms with van der Waals surface area (Å²) in [5, 5.41) is 3.12. The zero-order valence-electron chi connectivity index (χ0n) is 11.2. The van der Waals surface area contributed by atoms with E-state index in [2.05, 4.69) is 29.4 Å². The lowest BCUT2D eigenvalue weighted by atomic mass is 9.97. The minimum Gasteiger partial charge on any atom is -0.349 e. The first-order valence-corrected chi connectivity index (χ1v) is 6.70. The number of benzene rings is 1. The standard InChI is InChI=1S/C15H22N2O/c1-12(13-7-4-3-5-8-13)16-15(18)14-9-6-10-17(2)11-14/h3-5,7-8,12,14H,6,9-11H2,1-2H3,(H,16,18)/t12-,14+/m0/s1. The number of piperidine rings is 1. The fourth-order valence-electron chi connectivity index (χ4n) is 2.54. The SMILES string of the molecule is C[C@H](NC(=O)[C@@H]1CCCN(C)C1)c1ccccc1. The summed E-state index contributed by atoms with van der Waals surface area (Å²) in [4.78, 5) is 14.4. The summed E-state index contributed by atoms with van der Waals surface area (Å²) >= 11 is 0. The van der Waals surface area contributed by atoms with E-state index in [1.807, 2.05) is 25.1 Å². The van der Waals surface area contributed by atoms with Crippen molar-refractivity contribution in [2.75, 3.05) is 20.1 Å². The molecule has 1 aliphatic rings. The van der Waals surface area contributed by atoms with Gasteiger partial charge in [-0.25, -0.2) is 0 Å². The minimum absolute atomic E-state index is 0.0888. The molecule has 18 heavy (non-hydrogen) atoms. The number of carbonyl (C=O) groups is 1. The number of likely N-dealkylation sites (tertiary alicyclic amines) is 1. The molecule has 0 saturated carbocycles. The first-order valence-electron chi connectivity index (χ1n) is 6.70. The molecule has 2 rings (SSSR count). The maximum Gasteiger partial charge on any atom is 0.224 e. The van der Waals surface area contributed by atoms with Crippen LogP contribution in [-0.4, -0.2) is 30.9 Å². The third kappa shape index (κ3) is 3.33. The average Bonchev–Trinajstić information content (AvgIpc) is 2.39. The Hall–Kier alpha value is -1.35. The van der Waals surface area contributed by atoms with Crippen molar-refractivity contribution in [1.29, 1.82) is 0 Å². The molecule has 0 spiro atoms. The van der Waals surface area contributed by atoms with Gasteiger partial charge in [-0.1, -0.05) is 30.3 Å². The summed E-state index contributed by atoms with van der Waals surface area (Å²) in [7, 11) is 2.08. The molecular weight excluding hydrogens is 224 g/mol. The Labute approximate surface area is 109 Å². The molecule has 1 saturated heterocycles. The number of rotatable bonds is 3. The van der Waals surface area contributed by atoms with Crippen LogP contribution in [0.5, 0.6) is 0 Å². The van der Waals surface area contributed by atoms with Crippen LogP contribution in [0, 0.1) is 5.92 Å². The van der Waals surface area contributed by atoms with E-state index in [9.17, 15) is 4.79 Å². The summed E-state index contributed by atoms with van der Waals surface area (Å²) in [6.07, 6.45) is 2.13. The topological polar surface area (TPSA) is 32.3 Å². The predicted molar refractivity (Wildman–Crippen MR) is 73.2 cm³/mol. The van der Waals surface area contributed by atoms with Gasteiger partial charge >= 0.3 is 0 Å². The van der Waals surface area contributed by atoms with Gasteiger partial charge in [0.1, 0.15) is 0 Å². The molecule has 0 unspecified atom stereocenters. The van der Waals surface area contributed by atoms with E-state index in [1.54, 1.807) is 0 Å². The first kappa shape index (κ1) is 13.1. The Bertz CT molecular complexity index is 391. The van der Waals surface area contributed by atoms with Crippen molar-refractivity contribution in [1.82, 2.24) is 10.2 Å². The second-order valence-corrected chi connectivity index (χ2v) is 5.24. The Balaban J connectivity index is 1.91. The Kier molecular flexibility index (Phi) is 4.37. The summed E-state index contributed by atoms with van der Waals surface area (Å²) in [5.41, 5.74) is 1.16. The zero-order valence-corrected chi connectivity index (χ0v) is 11.2. The van der Waals surface area contributed by atoms with Crippen LogP contribution in [0.25, 0.3) is 0 Å². The highest BCUT2D eigenvalue weighted by Gasteiger charge is 2.24. The highest BCUT2D eigenvalue weighted by molar-refractivity contribution is 5.79. The van der Waals surface area contributed by atoms with Crippen LogP contribution in [0.4, 0.5) is 0 Å². The first-order chi connectivity index (χ1) is 8.66. The van der Waals surface area contributed by atoms with Gasteiger partial charge in [0.25, 0.3) is 0 Å². The predicted octanol–water partition coefficient (Wildman–Crippen LogP) is 2.21. The molecule has 0 aromatic heterocycles. The van der Waals surface area contributed by atoms with E-state index in [0.29, 0.717) is 0 Å². The smallest absolute Gasteiger partial charge is 0.224 e. The monoisotopic (exact) mass is 246 g/mol. The molecule has 3 heteroatoms. The highest BCUT2D eigenvalue weighted by atomic mass is 16.2. The van der Waals surface area contributed by atoms with Gasteiger partial charge in [0.2, 0.25) is 5.91 Å². The van der Waals surface area contributed by atoms with Crippen LogP contribution in [0.15, 0.2) is 30.3 Å². The number of nitrogens with one attached hydrogen (secondary N) is 1. The Morgan fingerprint density at radius 1 is 1.39 bits per heavy atom. The van der Waals surface area contributed by atoms with Crippen molar-refractivity contribution in [3.63, 3.8) is 0 Å². The van der Waals surface area contributed by atoms with E-state index in [0.717, 1.165) is 31.5 Å². The van der Waals surface area contributed by atoms with Crippen LogP contribution in [-0.2, 0) is 4.79 Å². The maximum absolute atomic E-state index is 12.2. The molecule has 1 aliphatic heterocycles. The van der Waals surface area contributed by atoms with Crippen LogP contribution < -0.4 is 5.32 Å². The van der Waals surface area contributed by atoms with Crippen molar-refractivity contribution < 1.29 is 4.79 Å². The summed E-state index contributed by atoms with van der Waals surface area (Å²) in [6, 6.07) is 10.2. The number of nitrogens with zero attached hydrogens (tertiary/aromatic N) is 1. The van der Waals surface area contributed by atoms with Crippen molar-refractivity contribution in [3.8, 4) is 0 Å². The normalized spacial score (nSPS) is 22.4. The number of hydrogen-bond donors (Lipinski definition) is 1. The quantitative estimate of drug-likeness (QED) is 0.887. The molecule has 0 bridgehead atoms. The molecule has 1 aromatic rings. The van der Waals surface area contributed by atoms with Gasteiger partial charge in [0.05, 0.1) is 12.0 Å². The van der Waals surface area contributed by atoms with Crippen LogP contribution >= 0.6 is 0 Å². The van der Waals surface area contributed by atoms with Gasteiger partial charge in [0.15, 0.2) is 0 Å². The second kappa shape index (κ2) is 6.01. The minimum atomic E-state index is 0.0888. The second-order valence-electron chi connectivity index (χ2n) is 5.24. The molecule has 1 heterocycles. The van der Waals surface area contributed by atoms with E-state index < -0.39 is 0 Å². The molecule has 2 atom stereocenters. The number of hydrogen-bond acceptors (Lipinski definition) is 2. The molecule has 1 aromatic carbocycles. The Morgan fingerprint density at radius 2 is 2.11 bits per heavy atom. The Morgan fingerprint density at radius 3 is 2.78 bits per heavy atom. The van der Waals surface area contributed by atoms with Gasteiger partial charge in [-0.2, -0.15) is 0 Å². The lowest BCUT2D eigenvalue weighted by Crippen LogP contribution is -2.42. The van der Waals surface area contributed by atoms with Gasteiger partial charge in [-0.3, -0.25) is 4.79 Å². The lowest BCUT2D eigenvalue weighted by molar-refractivity contribution is -0.127. The van der Waals surface area contributed by atoms with Crippen LogP contribution in [0.3, 0.4) is 0 Å². The third-order valence-electron chi connectivity index (χ3n) is 3.65. The van der Waals surface area contributed by atoms with Gasteiger partial charge < -0.3 is 10.2 Å². The average molecular weight is 246 g/mol. The molecule has 0 aliphatic carbocycles. The summed E-state index contributed by atoms with van der Waals surface area (Å²) in [5.74, 6) is 0.341. The van der Waals surface area contributed by atoms with Gasteiger partial charge in [-0.05, 0) is 38.9 Å². The molecular formula is C15H22N2O. The lowest BCUT2D eigenvalue weighted by Gasteiger charge is -2.29. The van der Waals surface area contributed by atoms with E-state index >= 15 is 0 Å². The van der Waals surface area contributed by atoms with E-state index in [-0.39, 0.29) is 17.9 Å². The number of carbonyl (C=O) groups excluding carboxylic acids is 1. The molecule has 1 N–H and O–H groups in total. The maximum atomic E-state index is 12.2. The zero-order chi connectivity index (χ0) is 13.0. The van der Waals surface area contributed by atoms with E-state index in [1.165, 1.54) is 0 Å². The van der Waals surface area contributed by atoms with Crippen molar-refractivity contribution in [2.45, 2.75) is 25.8 Å². The summed E-state index contributed by atoms with van der Waals surface area (Å²) < 4.78 is 0. The summed E-state index contributed by atoms with van der Waals surface area (Å²) in [6.45, 7) is 4.03. The molecule has 98 valence electrons. The fraction of sp³-hybridized carbons (Fsp3) is 0.533. The van der Waals surface area contributed by atoms with E-state index in [4.69, 9.17) is 0 Å². The van der Waals surface area contributed by atoms with Crippen LogP contribution in [0.1, 0.15) is 31.4 Å². The van der Waals surface area contributed by atoms with Crippen molar-refractivity contribution >= 4 is 5.91 Å². The third-order valence-corrected chi connectivity index (χ3v) is 3.65.